The molecule has 0 saturated heterocycles. The molecule has 16 heavy (non-hydrogen) atoms. The summed E-state index contributed by atoms with van der Waals surface area (Å²) in [5.41, 5.74) is 0.852. The minimum Gasteiger partial charge on any atom is -0.490 e. The third-order valence-corrected chi connectivity index (χ3v) is 3.06. The average Bonchev–Trinajstić information content (AvgIpc) is 2.29. The van der Waals surface area contributed by atoms with E-state index in [9.17, 15) is 10.2 Å². The summed E-state index contributed by atoms with van der Waals surface area (Å²) >= 11 is 0. The topological polar surface area (TPSA) is 49.7 Å². The van der Waals surface area contributed by atoms with E-state index in [1.807, 2.05) is 31.2 Å². The fraction of sp³-hybridized carbons (Fsp3) is 0.538. The fourth-order valence-corrected chi connectivity index (χ4v) is 2.08. The molecule has 3 heteroatoms. The van der Waals surface area contributed by atoms with Crippen LogP contribution >= 0.6 is 0 Å². The summed E-state index contributed by atoms with van der Waals surface area (Å²) in [6.45, 7) is 1.94. The third-order valence-electron chi connectivity index (χ3n) is 3.06. The van der Waals surface area contributed by atoms with Gasteiger partial charge < -0.3 is 14.9 Å². The first-order chi connectivity index (χ1) is 7.70. The zero-order valence-electron chi connectivity index (χ0n) is 9.47. The van der Waals surface area contributed by atoms with E-state index in [0.717, 1.165) is 17.7 Å². The van der Waals surface area contributed by atoms with Crippen LogP contribution in [0.4, 0.5) is 0 Å². The Labute approximate surface area is 95.7 Å². The van der Waals surface area contributed by atoms with Crippen molar-refractivity contribution in [2.75, 3.05) is 0 Å². The van der Waals surface area contributed by atoms with Crippen LogP contribution in [0.25, 0.3) is 0 Å². The van der Waals surface area contributed by atoms with Gasteiger partial charge in [0.1, 0.15) is 11.9 Å². The molecule has 0 amide bonds. The van der Waals surface area contributed by atoms with Crippen LogP contribution in [-0.2, 0) is 0 Å². The van der Waals surface area contributed by atoms with E-state index < -0.39 is 6.10 Å². The molecule has 0 radical (unpaired) electrons. The average molecular weight is 222 g/mol. The van der Waals surface area contributed by atoms with E-state index in [1.165, 1.54) is 0 Å². The standard InChI is InChI=1S/C13H18O3/c1-2-9(14)7-10-8-12(15)11-5-3-4-6-13(11)16-10/h3-6,9-10,12,14-15H,2,7-8H2,1H3. The van der Waals surface area contributed by atoms with E-state index in [-0.39, 0.29) is 12.2 Å². The van der Waals surface area contributed by atoms with Gasteiger partial charge >= 0.3 is 0 Å². The van der Waals surface area contributed by atoms with Crippen LogP contribution in [0.5, 0.6) is 5.75 Å². The van der Waals surface area contributed by atoms with Crippen LogP contribution in [0.2, 0.25) is 0 Å². The van der Waals surface area contributed by atoms with Crippen LogP contribution in [0.1, 0.15) is 37.9 Å². The number of aliphatic hydroxyl groups excluding tert-OH is 2. The van der Waals surface area contributed by atoms with Crippen LogP contribution in [-0.4, -0.2) is 22.4 Å². The molecule has 0 saturated carbocycles. The Morgan fingerprint density at radius 1 is 1.44 bits per heavy atom. The summed E-state index contributed by atoms with van der Waals surface area (Å²) in [6, 6.07) is 7.53. The maximum atomic E-state index is 9.96. The molecule has 3 unspecified atom stereocenters. The monoisotopic (exact) mass is 222 g/mol. The molecule has 1 aliphatic heterocycles. The Morgan fingerprint density at radius 2 is 2.19 bits per heavy atom. The highest BCUT2D eigenvalue weighted by atomic mass is 16.5. The second kappa shape index (κ2) is 4.85. The van der Waals surface area contributed by atoms with Crippen molar-refractivity contribution in [3.63, 3.8) is 0 Å². The summed E-state index contributed by atoms with van der Waals surface area (Å²) in [6.07, 6.45) is 0.967. The van der Waals surface area contributed by atoms with Gasteiger partial charge in [-0.2, -0.15) is 0 Å². The Kier molecular flexibility index (Phi) is 3.46. The number of benzene rings is 1. The molecule has 1 heterocycles. The van der Waals surface area contributed by atoms with Gasteiger partial charge in [0, 0.05) is 18.4 Å². The molecule has 3 atom stereocenters. The SMILES string of the molecule is CCC(O)CC1CC(O)c2ccccc2O1. The van der Waals surface area contributed by atoms with Crippen LogP contribution < -0.4 is 4.74 Å². The predicted octanol–water partition coefficient (Wildman–Crippen LogP) is 2.03. The molecule has 0 spiro atoms. The lowest BCUT2D eigenvalue weighted by Gasteiger charge is -2.30. The van der Waals surface area contributed by atoms with Crippen molar-refractivity contribution in [2.24, 2.45) is 0 Å². The highest BCUT2D eigenvalue weighted by molar-refractivity contribution is 5.36. The summed E-state index contributed by atoms with van der Waals surface area (Å²) in [5.74, 6) is 0.745. The minimum absolute atomic E-state index is 0.0835. The van der Waals surface area contributed by atoms with E-state index in [4.69, 9.17) is 4.74 Å². The lowest BCUT2D eigenvalue weighted by atomic mass is 9.95. The molecule has 2 rings (SSSR count). The summed E-state index contributed by atoms with van der Waals surface area (Å²) in [5, 5.41) is 19.5. The normalized spacial score (nSPS) is 25.7. The molecule has 88 valence electrons. The quantitative estimate of drug-likeness (QED) is 0.822. The van der Waals surface area contributed by atoms with Crippen molar-refractivity contribution in [1.29, 1.82) is 0 Å². The largest absolute Gasteiger partial charge is 0.490 e. The van der Waals surface area contributed by atoms with Crippen molar-refractivity contribution in [2.45, 2.75) is 44.5 Å². The Bertz CT molecular complexity index is 351. The Balaban J connectivity index is 2.09. The Hall–Kier alpha value is -1.06. The highest BCUT2D eigenvalue weighted by Crippen LogP contribution is 2.35. The molecule has 0 aromatic heterocycles. The molecule has 1 aliphatic rings. The first-order valence-corrected chi connectivity index (χ1v) is 5.82. The van der Waals surface area contributed by atoms with Crippen LogP contribution in [0, 0.1) is 0 Å². The number of ether oxygens (including phenoxy) is 1. The maximum absolute atomic E-state index is 9.96. The summed E-state index contributed by atoms with van der Waals surface area (Å²) in [7, 11) is 0. The van der Waals surface area contributed by atoms with Crippen molar-refractivity contribution in [1.82, 2.24) is 0 Å². The number of fused-ring (bicyclic) bond motifs is 1. The fourth-order valence-electron chi connectivity index (χ4n) is 2.08. The van der Waals surface area contributed by atoms with Gasteiger partial charge in [-0.05, 0) is 12.5 Å². The molecule has 2 N–H and O–H groups in total. The van der Waals surface area contributed by atoms with Crippen molar-refractivity contribution < 1.29 is 14.9 Å². The van der Waals surface area contributed by atoms with Crippen molar-refractivity contribution in [3.8, 4) is 5.75 Å². The van der Waals surface area contributed by atoms with Gasteiger partial charge in [0.25, 0.3) is 0 Å². The maximum Gasteiger partial charge on any atom is 0.125 e. The van der Waals surface area contributed by atoms with E-state index in [1.54, 1.807) is 0 Å². The number of para-hydroxylation sites is 1. The van der Waals surface area contributed by atoms with E-state index >= 15 is 0 Å². The molecule has 1 aromatic carbocycles. The summed E-state index contributed by atoms with van der Waals surface area (Å²) in [4.78, 5) is 0. The molecule has 0 aliphatic carbocycles. The number of hydrogen-bond acceptors (Lipinski definition) is 3. The predicted molar refractivity (Wildman–Crippen MR) is 61.3 cm³/mol. The zero-order chi connectivity index (χ0) is 11.5. The molecule has 1 aromatic rings. The highest BCUT2D eigenvalue weighted by Gasteiger charge is 2.27. The molecular formula is C13H18O3. The van der Waals surface area contributed by atoms with Gasteiger partial charge in [0.15, 0.2) is 0 Å². The molecular weight excluding hydrogens is 204 g/mol. The van der Waals surface area contributed by atoms with Crippen LogP contribution in [0.3, 0.4) is 0 Å². The summed E-state index contributed by atoms with van der Waals surface area (Å²) < 4.78 is 5.75. The second-order valence-electron chi connectivity index (χ2n) is 4.33. The number of rotatable bonds is 3. The molecule has 3 nitrogen and oxygen atoms in total. The van der Waals surface area contributed by atoms with E-state index in [0.29, 0.717) is 12.8 Å². The molecule has 0 fully saturated rings. The van der Waals surface area contributed by atoms with Gasteiger partial charge in [0.05, 0.1) is 12.2 Å². The first kappa shape index (κ1) is 11.4. The zero-order valence-corrected chi connectivity index (χ0v) is 9.47. The third kappa shape index (κ3) is 2.36. The lowest BCUT2D eigenvalue weighted by Crippen LogP contribution is -2.29. The molecule has 0 bridgehead atoms. The smallest absolute Gasteiger partial charge is 0.125 e. The van der Waals surface area contributed by atoms with Gasteiger partial charge in [-0.1, -0.05) is 25.1 Å². The van der Waals surface area contributed by atoms with Crippen molar-refractivity contribution >= 4 is 0 Å². The lowest BCUT2D eigenvalue weighted by molar-refractivity contribution is 0.0315. The minimum atomic E-state index is -0.473. The second-order valence-corrected chi connectivity index (χ2v) is 4.33. The van der Waals surface area contributed by atoms with E-state index in [2.05, 4.69) is 0 Å². The number of hydrogen-bond donors (Lipinski definition) is 2. The van der Waals surface area contributed by atoms with Gasteiger partial charge in [-0.3, -0.25) is 0 Å². The van der Waals surface area contributed by atoms with Gasteiger partial charge in [-0.25, -0.2) is 0 Å². The van der Waals surface area contributed by atoms with Crippen molar-refractivity contribution in [3.05, 3.63) is 29.8 Å². The van der Waals surface area contributed by atoms with Gasteiger partial charge in [-0.15, -0.1) is 0 Å². The number of aliphatic hydroxyl groups is 2. The van der Waals surface area contributed by atoms with Crippen LogP contribution in [0.15, 0.2) is 24.3 Å². The first-order valence-electron chi connectivity index (χ1n) is 5.82. The van der Waals surface area contributed by atoms with Gasteiger partial charge in [0.2, 0.25) is 0 Å². The Morgan fingerprint density at radius 3 is 2.94 bits per heavy atom.